The highest BCUT2D eigenvalue weighted by Crippen LogP contribution is 2.23. The minimum atomic E-state index is -0.164. The van der Waals surface area contributed by atoms with Crippen molar-refractivity contribution in [3.8, 4) is 0 Å². The zero-order valence-corrected chi connectivity index (χ0v) is 25.7. The molecule has 0 fully saturated rings. The number of amides is 2. The van der Waals surface area contributed by atoms with Gasteiger partial charge in [-0.05, 0) is 62.2 Å². The quantitative estimate of drug-likeness (QED) is 0.279. The molecule has 0 saturated heterocycles. The van der Waals surface area contributed by atoms with Gasteiger partial charge < -0.3 is 24.3 Å². The van der Waals surface area contributed by atoms with Crippen molar-refractivity contribution < 1.29 is 24.0 Å². The van der Waals surface area contributed by atoms with Gasteiger partial charge in [0.2, 0.25) is 0 Å². The molecule has 47 heavy (non-hydrogen) atoms. The van der Waals surface area contributed by atoms with E-state index < -0.39 is 0 Å². The lowest BCUT2D eigenvalue weighted by molar-refractivity contribution is -0.191. The largest absolute Gasteiger partial charge is 0.373 e. The Morgan fingerprint density at radius 2 is 1.28 bits per heavy atom. The van der Waals surface area contributed by atoms with Crippen LogP contribution in [0.25, 0.3) is 33.1 Å². The van der Waals surface area contributed by atoms with Crippen molar-refractivity contribution in [1.29, 1.82) is 0 Å². The first-order valence-corrected chi connectivity index (χ1v) is 15.4. The van der Waals surface area contributed by atoms with Crippen molar-refractivity contribution in [3.05, 3.63) is 89.8 Å². The van der Waals surface area contributed by atoms with Gasteiger partial charge in [-0.2, -0.15) is 9.59 Å². The average Bonchev–Trinajstić information content (AvgIpc) is 3.67. The van der Waals surface area contributed by atoms with E-state index in [1.54, 1.807) is 6.07 Å². The standard InChI is InChI=1S/C22H21N5O2.C11H11N3O.CO2/c1-2-26-17-7-4-3-6-15(17)24-20(26)13-19(28)14-8-9-16-18(12-14)27-11-5-10-23-22(29)21(27)25-16;15-11-10-13-8-4-1-2-5-9(8)14(10)7-3-6-12-11;2-1-3/h3-4,6-9,12H,2,5,10-11,13H2,1H3,(H,23,29);1-2,4-5H,3,6-7H2,(H,12,15);. The minimum Gasteiger partial charge on any atom is -0.349 e. The normalized spacial score (nSPS) is 13.9. The van der Waals surface area contributed by atoms with E-state index in [1.807, 2.05) is 69.8 Å². The number of nitrogens with one attached hydrogen (secondary N) is 2. The van der Waals surface area contributed by atoms with Crippen molar-refractivity contribution in [1.82, 2.24) is 39.3 Å². The lowest BCUT2D eigenvalue weighted by atomic mass is 10.1. The van der Waals surface area contributed by atoms with Gasteiger partial charge in [-0.15, -0.1) is 0 Å². The van der Waals surface area contributed by atoms with Gasteiger partial charge in [0.15, 0.2) is 17.4 Å². The summed E-state index contributed by atoms with van der Waals surface area (Å²) in [7, 11) is 0. The summed E-state index contributed by atoms with van der Waals surface area (Å²) in [5.41, 5.74) is 6.05. The number of nitrogens with zero attached hydrogens (tertiary/aromatic N) is 6. The number of para-hydroxylation sites is 4. The molecule has 0 radical (unpaired) electrons. The summed E-state index contributed by atoms with van der Waals surface area (Å²) >= 11 is 0. The zero-order chi connectivity index (χ0) is 32.9. The summed E-state index contributed by atoms with van der Waals surface area (Å²) in [6.45, 7) is 5.74. The Morgan fingerprint density at radius 3 is 1.89 bits per heavy atom. The highest BCUT2D eigenvalue weighted by molar-refractivity contribution is 6.01. The van der Waals surface area contributed by atoms with E-state index in [2.05, 4.69) is 37.1 Å². The molecule has 13 heteroatoms. The Kier molecular flexibility index (Phi) is 8.98. The number of imidazole rings is 3. The third-order valence-electron chi connectivity index (χ3n) is 8.19. The number of hydrogen-bond acceptors (Lipinski definition) is 8. The van der Waals surface area contributed by atoms with Crippen LogP contribution in [0.3, 0.4) is 0 Å². The maximum Gasteiger partial charge on any atom is 0.373 e. The van der Waals surface area contributed by atoms with Gasteiger partial charge in [0.1, 0.15) is 5.82 Å². The van der Waals surface area contributed by atoms with Crippen molar-refractivity contribution in [3.63, 3.8) is 0 Å². The van der Waals surface area contributed by atoms with Gasteiger partial charge in [0, 0.05) is 38.3 Å². The molecular weight excluding hydrogens is 600 g/mol. The van der Waals surface area contributed by atoms with E-state index >= 15 is 0 Å². The molecule has 0 bridgehead atoms. The van der Waals surface area contributed by atoms with Crippen LogP contribution in [-0.2, 0) is 35.6 Å². The number of rotatable bonds is 4. The Balaban J connectivity index is 0.000000179. The number of hydrogen-bond donors (Lipinski definition) is 2. The van der Waals surface area contributed by atoms with E-state index in [1.165, 1.54) is 0 Å². The Hall–Kier alpha value is -5.94. The maximum absolute atomic E-state index is 13.1. The summed E-state index contributed by atoms with van der Waals surface area (Å²) < 4.78 is 5.99. The monoisotopic (exact) mass is 632 g/mol. The summed E-state index contributed by atoms with van der Waals surface area (Å²) in [6, 6.07) is 21.2. The fourth-order valence-corrected chi connectivity index (χ4v) is 6.07. The van der Waals surface area contributed by atoms with Crippen molar-refractivity contribution >= 4 is 56.8 Å². The average molecular weight is 633 g/mol. The first-order valence-electron chi connectivity index (χ1n) is 15.4. The van der Waals surface area contributed by atoms with Crippen LogP contribution in [0, 0.1) is 0 Å². The number of carbonyl (C=O) groups excluding carboxylic acids is 5. The summed E-state index contributed by atoms with van der Waals surface area (Å²) in [4.78, 5) is 66.7. The second kappa shape index (κ2) is 13.6. The topological polar surface area (TPSA) is 163 Å². The van der Waals surface area contributed by atoms with E-state index in [9.17, 15) is 14.4 Å². The van der Waals surface area contributed by atoms with Crippen LogP contribution in [0.2, 0.25) is 0 Å². The van der Waals surface area contributed by atoms with Crippen LogP contribution in [0.15, 0.2) is 66.7 Å². The molecule has 2 aliphatic rings. The number of benzene rings is 3. The summed E-state index contributed by atoms with van der Waals surface area (Å²) in [5.74, 6) is 1.49. The molecule has 3 aromatic heterocycles. The molecule has 5 heterocycles. The van der Waals surface area contributed by atoms with Crippen LogP contribution in [0.1, 0.15) is 57.2 Å². The van der Waals surface area contributed by atoms with E-state index in [-0.39, 0.29) is 30.2 Å². The number of ketones is 1. The molecule has 0 saturated carbocycles. The van der Waals surface area contributed by atoms with E-state index in [0.717, 1.165) is 71.4 Å². The maximum atomic E-state index is 13.1. The van der Waals surface area contributed by atoms with E-state index in [4.69, 9.17) is 9.59 Å². The second-order valence-electron chi connectivity index (χ2n) is 11.0. The smallest absolute Gasteiger partial charge is 0.349 e. The SMILES string of the molecule is CCn1c(CC(=O)c2ccc3nc4n(c3c2)CCCNC4=O)nc2ccccc21.O=C1NCCCn2c1nc1ccccc12.O=C=O. The number of carbonyl (C=O) groups is 3. The van der Waals surface area contributed by atoms with Gasteiger partial charge in [-0.3, -0.25) is 14.4 Å². The number of Topliss-reactive ketones (excluding diaryl/α,β-unsaturated/α-hetero) is 1. The van der Waals surface area contributed by atoms with Crippen molar-refractivity contribution in [2.45, 2.75) is 45.8 Å². The molecule has 0 aliphatic carbocycles. The predicted molar refractivity (Wildman–Crippen MR) is 172 cm³/mol. The Labute approximate surface area is 268 Å². The van der Waals surface area contributed by atoms with Gasteiger partial charge in [0.25, 0.3) is 11.8 Å². The Morgan fingerprint density at radius 1 is 0.745 bits per heavy atom. The molecule has 238 valence electrons. The van der Waals surface area contributed by atoms with Crippen molar-refractivity contribution in [2.75, 3.05) is 13.1 Å². The lowest BCUT2D eigenvalue weighted by Crippen LogP contribution is -2.23. The van der Waals surface area contributed by atoms with Crippen LogP contribution >= 0.6 is 0 Å². The first kappa shape index (κ1) is 31.1. The number of aromatic nitrogens is 6. The van der Waals surface area contributed by atoms with Crippen LogP contribution < -0.4 is 10.6 Å². The second-order valence-corrected chi connectivity index (χ2v) is 11.0. The molecule has 6 aromatic rings. The lowest BCUT2D eigenvalue weighted by Gasteiger charge is -2.07. The molecule has 8 rings (SSSR count). The van der Waals surface area contributed by atoms with Gasteiger partial charge in [0.05, 0.1) is 39.5 Å². The molecular formula is C34H32N8O5. The predicted octanol–water partition coefficient (Wildman–Crippen LogP) is 3.55. The summed E-state index contributed by atoms with van der Waals surface area (Å²) in [6.07, 6.45) is 2.28. The molecule has 0 spiro atoms. The minimum absolute atomic E-state index is 0.00512. The third kappa shape index (κ3) is 6.16. The van der Waals surface area contributed by atoms with Gasteiger partial charge in [-0.1, -0.05) is 24.3 Å². The molecule has 0 unspecified atom stereocenters. The van der Waals surface area contributed by atoms with Crippen LogP contribution in [0.4, 0.5) is 0 Å². The van der Waals surface area contributed by atoms with Gasteiger partial charge in [-0.25, -0.2) is 15.0 Å². The van der Waals surface area contributed by atoms with Gasteiger partial charge >= 0.3 is 6.15 Å². The molecule has 2 aliphatic heterocycles. The number of aryl methyl sites for hydroxylation is 3. The molecule has 0 atom stereocenters. The molecule has 2 amide bonds. The molecule has 3 aromatic carbocycles. The highest BCUT2D eigenvalue weighted by atomic mass is 16.2. The molecule has 2 N–H and O–H groups in total. The van der Waals surface area contributed by atoms with Crippen LogP contribution in [-0.4, -0.2) is 65.5 Å². The number of fused-ring (bicyclic) bond motifs is 7. The van der Waals surface area contributed by atoms with Crippen molar-refractivity contribution in [2.24, 2.45) is 0 Å². The van der Waals surface area contributed by atoms with E-state index in [0.29, 0.717) is 30.3 Å². The zero-order valence-electron chi connectivity index (χ0n) is 25.7. The first-order chi connectivity index (χ1) is 22.9. The fraction of sp³-hybridized carbons (Fsp3) is 0.265. The summed E-state index contributed by atoms with van der Waals surface area (Å²) in [5, 5.41) is 5.70. The Bertz CT molecular complexity index is 2170. The highest BCUT2D eigenvalue weighted by Gasteiger charge is 2.22. The molecule has 13 nitrogen and oxygen atoms in total. The fourth-order valence-electron chi connectivity index (χ4n) is 6.07. The van der Waals surface area contributed by atoms with Crippen LogP contribution in [0.5, 0.6) is 0 Å². The third-order valence-corrected chi connectivity index (χ3v) is 8.19.